The highest BCUT2D eigenvalue weighted by Gasteiger charge is 2.19. The van der Waals surface area contributed by atoms with Crippen LogP contribution >= 0.6 is 6.04 Å². The molecule has 2 heteroatoms. The van der Waals surface area contributed by atoms with Crippen LogP contribution in [0.3, 0.4) is 0 Å². The highest BCUT2D eigenvalue weighted by atomic mass is 32.4. The van der Waals surface area contributed by atoms with Gasteiger partial charge < -0.3 is 0 Å². The summed E-state index contributed by atoms with van der Waals surface area (Å²) in [4.78, 5) is 0. The maximum absolute atomic E-state index is 5.92. The van der Waals surface area contributed by atoms with Crippen molar-refractivity contribution in [2.75, 3.05) is 0 Å². The molecule has 0 spiro atoms. The molecule has 0 amide bonds. The molecule has 2 rings (SSSR count). The summed E-state index contributed by atoms with van der Waals surface area (Å²) in [5, 5.41) is 2.23. The third kappa shape index (κ3) is 3.15. The molecule has 0 heterocycles. The van der Waals surface area contributed by atoms with Crippen LogP contribution in [-0.4, -0.2) is 0 Å². The Kier molecular flexibility index (Phi) is 4.59. The Labute approximate surface area is 119 Å². The number of benzene rings is 2. The summed E-state index contributed by atoms with van der Waals surface area (Å²) in [6.45, 7) is 1.78. The predicted molar refractivity (Wildman–Crippen MR) is 87.7 cm³/mol. The molecule has 0 aliphatic rings. The van der Waals surface area contributed by atoms with E-state index in [0.717, 1.165) is 10.6 Å². The zero-order valence-corrected chi connectivity index (χ0v) is 12.3. The molecule has 19 heavy (non-hydrogen) atoms. The van der Waals surface area contributed by atoms with Gasteiger partial charge >= 0.3 is 0 Å². The van der Waals surface area contributed by atoms with Gasteiger partial charge in [-0.05, 0) is 24.4 Å². The van der Waals surface area contributed by atoms with Gasteiger partial charge in [-0.2, -0.15) is 0 Å². The van der Waals surface area contributed by atoms with Gasteiger partial charge in [0.15, 0.2) is 0 Å². The Morgan fingerprint density at radius 1 is 0.789 bits per heavy atom. The Bertz CT molecular complexity index is 666. The highest BCUT2D eigenvalue weighted by Crippen LogP contribution is 2.42. The van der Waals surface area contributed by atoms with Crippen molar-refractivity contribution in [2.45, 2.75) is 6.92 Å². The SMILES string of the molecule is CC#CC#CP(=S)(c1ccccc1)c1ccccc1. The van der Waals surface area contributed by atoms with Crippen LogP contribution in [0, 0.1) is 23.4 Å². The largest absolute Gasteiger partial charge is 0.0925 e. The Morgan fingerprint density at radius 2 is 1.26 bits per heavy atom. The van der Waals surface area contributed by atoms with E-state index in [1.807, 2.05) is 36.4 Å². The molecule has 0 aliphatic carbocycles. The predicted octanol–water partition coefficient (Wildman–Crippen LogP) is 3.10. The second-order valence-electron chi connectivity index (χ2n) is 3.89. The third-order valence-electron chi connectivity index (χ3n) is 2.64. The molecule has 0 atom stereocenters. The van der Waals surface area contributed by atoms with Crippen molar-refractivity contribution in [3.8, 4) is 23.4 Å². The van der Waals surface area contributed by atoms with Crippen LogP contribution in [0.4, 0.5) is 0 Å². The van der Waals surface area contributed by atoms with Crippen molar-refractivity contribution in [3.63, 3.8) is 0 Å². The highest BCUT2D eigenvalue weighted by molar-refractivity contribution is 8.24. The fourth-order valence-electron chi connectivity index (χ4n) is 1.72. The van der Waals surface area contributed by atoms with Crippen LogP contribution in [0.5, 0.6) is 0 Å². The van der Waals surface area contributed by atoms with E-state index < -0.39 is 6.04 Å². The molecule has 0 N–H and O–H groups in total. The Balaban J connectivity index is 2.61. The fraction of sp³-hybridized carbons (Fsp3) is 0.0588. The van der Waals surface area contributed by atoms with Gasteiger partial charge in [0, 0.05) is 10.6 Å². The van der Waals surface area contributed by atoms with Crippen molar-refractivity contribution in [1.82, 2.24) is 0 Å². The Morgan fingerprint density at radius 3 is 1.68 bits per heavy atom. The molecule has 0 nitrogen and oxygen atoms in total. The van der Waals surface area contributed by atoms with Crippen molar-refractivity contribution in [1.29, 1.82) is 0 Å². The molecule has 0 aliphatic heterocycles. The molecule has 0 saturated carbocycles. The average molecular weight is 280 g/mol. The lowest BCUT2D eigenvalue weighted by Crippen LogP contribution is -2.13. The standard InChI is InChI=1S/C17H13PS/c1-2-3-10-15-18(19,16-11-6-4-7-12-16)17-13-8-5-9-14-17/h4-9,11-14H,1H3. The molecule has 0 unspecified atom stereocenters. The first-order valence-electron chi connectivity index (χ1n) is 5.92. The first-order valence-corrected chi connectivity index (χ1v) is 8.73. The van der Waals surface area contributed by atoms with Crippen LogP contribution in [0.15, 0.2) is 60.7 Å². The van der Waals surface area contributed by atoms with Crippen molar-refractivity contribution >= 4 is 28.5 Å². The van der Waals surface area contributed by atoms with E-state index in [9.17, 15) is 0 Å². The molecule has 0 bridgehead atoms. The summed E-state index contributed by atoms with van der Waals surface area (Å²) in [6, 6.07) is 18.2. The first kappa shape index (κ1) is 13.6. The quantitative estimate of drug-likeness (QED) is 0.602. The van der Waals surface area contributed by atoms with E-state index in [0.29, 0.717) is 0 Å². The lowest BCUT2D eigenvalue weighted by molar-refractivity contribution is 1.75. The van der Waals surface area contributed by atoms with Crippen LogP contribution in [-0.2, 0) is 11.8 Å². The minimum absolute atomic E-state index is 1.11. The molecule has 2 aromatic carbocycles. The Hall–Kier alpha value is -1.79. The minimum Gasteiger partial charge on any atom is -0.0925 e. The number of hydrogen-bond acceptors (Lipinski definition) is 1. The summed E-state index contributed by atoms with van der Waals surface area (Å²) in [5.74, 6) is 8.49. The second kappa shape index (κ2) is 6.40. The number of hydrogen-bond donors (Lipinski definition) is 0. The van der Waals surface area contributed by atoms with Crippen LogP contribution in [0.2, 0.25) is 0 Å². The maximum Gasteiger partial charge on any atom is 0.0789 e. The summed E-state index contributed by atoms with van der Waals surface area (Å²) in [7, 11) is 0. The van der Waals surface area contributed by atoms with Gasteiger partial charge in [0.1, 0.15) is 0 Å². The fourth-order valence-corrected chi connectivity index (χ4v) is 4.54. The van der Waals surface area contributed by atoms with Crippen molar-refractivity contribution in [2.24, 2.45) is 0 Å². The lowest BCUT2D eigenvalue weighted by Gasteiger charge is -2.16. The second-order valence-corrected chi connectivity index (χ2v) is 8.01. The van der Waals surface area contributed by atoms with Crippen LogP contribution in [0.1, 0.15) is 6.92 Å². The van der Waals surface area contributed by atoms with E-state index in [4.69, 9.17) is 11.8 Å². The molecule has 0 radical (unpaired) electrons. The van der Waals surface area contributed by atoms with Gasteiger partial charge in [0.25, 0.3) is 0 Å². The average Bonchev–Trinajstić information content (AvgIpc) is 2.49. The van der Waals surface area contributed by atoms with Crippen molar-refractivity contribution in [3.05, 3.63) is 60.7 Å². The zero-order chi connectivity index (χ0) is 13.6. The molecule has 0 fully saturated rings. The van der Waals surface area contributed by atoms with Crippen LogP contribution < -0.4 is 10.6 Å². The first-order chi connectivity index (χ1) is 9.27. The van der Waals surface area contributed by atoms with E-state index in [-0.39, 0.29) is 0 Å². The maximum atomic E-state index is 5.92. The molecule has 92 valence electrons. The molecule has 0 aromatic heterocycles. The summed E-state index contributed by atoms with van der Waals surface area (Å²) in [5.41, 5.74) is 3.23. The molecular formula is C17H13PS. The molecular weight excluding hydrogens is 267 g/mol. The zero-order valence-electron chi connectivity index (χ0n) is 10.6. The summed E-state index contributed by atoms with van der Waals surface area (Å²) in [6.07, 6.45) is 0. The third-order valence-corrected chi connectivity index (χ3v) is 6.66. The van der Waals surface area contributed by atoms with Gasteiger partial charge in [-0.3, -0.25) is 0 Å². The van der Waals surface area contributed by atoms with E-state index >= 15 is 0 Å². The lowest BCUT2D eigenvalue weighted by atomic mass is 10.4. The number of rotatable bonds is 2. The minimum atomic E-state index is -2.08. The summed E-state index contributed by atoms with van der Waals surface area (Å²) >= 11 is 5.92. The van der Waals surface area contributed by atoms with E-state index in [1.54, 1.807) is 6.92 Å². The van der Waals surface area contributed by atoms with Crippen LogP contribution in [0.25, 0.3) is 0 Å². The molecule has 0 saturated heterocycles. The van der Waals surface area contributed by atoms with Crippen molar-refractivity contribution < 1.29 is 0 Å². The van der Waals surface area contributed by atoms with E-state index in [2.05, 4.69) is 47.7 Å². The topological polar surface area (TPSA) is 0 Å². The van der Waals surface area contributed by atoms with E-state index in [1.165, 1.54) is 0 Å². The van der Waals surface area contributed by atoms with Gasteiger partial charge in [-0.1, -0.05) is 78.4 Å². The van der Waals surface area contributed by atoms with Gasteiger partial charge in [0.2, 0.25) is 0 Å². The van der Waals surface area contributed by atoms with Gasteiger partial charge in [-0.15, -0.1) is 0 Å². The van der Waals surface area contributed by atoms with Gasteiger partial charge in [-0.25, -0.2) is 0 Å². The molecule has 2 aromatic rings. The normalized spacial score (nSPS) is 9.74. The van der Waals surface area contributed by atoms with Gasteiger partial charge in [0.05, 0.1) is 6.04 Å². The monoisotopic (exact) mass is 280 g/mol. The summed E-state index contributed by atoms with van der Waals surface area (Å²) < 4.78 is 0. The smallest absolute Gasteiger partial charge is 0.0789 e.